The monoisotopic (exact) mass is 178 g/mol. The van der Waals surface area contributed by atoms with E-state index in [0.29, 0.717) is 6.42 Å². The number of hydrogen-bond donors (Lipinski definition) is 0. The Kier molecular flexibility index (Phi) is 3.11. The molecule has 0 saturated carbocycles. The molecule has 0 bridgehead atoms. The molecule has 0 aromatic heterocycles. The van der Waals surface area contributed by atoms with Crippen molar-refractivity contribution < 1.29 is 4.79 Å². The van der Waals surface area contributed by atoms with Crippen molar-refractivity contribution in [1.82, 2.24) is 0 Å². The van der Waals surface area contributed by atoms with Crippen molar-refractivity contribution in [2.45, 2.75) is 13.3 Å². The summed E-state index contributed by atoms with van der Waals surface area (Å²) in [5.41, 5.74) is 1.79. The maximum atomic E-state index is 11.1. The molecule has 0 heterocycles. The van der Waals surface area contributed by atoms with Crippen molar-refractivity contribution in [2.24, 2.45) is 0 Å². The first-order chi connectivity index (χ1) is 5.75. The van der Waals surface area contributed by atoms with E-state index < -0.39 is 0 Å². The highest BCUT2D eigenvalue weighted by atomic mass is 32.1. The second-order valence-corrected chi connectivity index (χ2v) is 2.92. The van der Waals surface area contributed by atoms with E-state index in [4.69, 9.17) is 12.2 Å². The third kappa shape index (κ3) is 1.98. The van der Waals surface area contributed by atoms with Crippen LogP contribution in [0.2, 0.25) is 0 Å². The largest absolute Gasteiger partial charge is 0.295 e. The maximum Gasteiger partial charge on any atom is 0.160 e. The Balaban J connectivity index is 3.07. The van der Waals surface area contributed by atoms with Crippen LogP contribution in [0.15, 0.2) is 24.3 Å². The van der Waals surface area contributed by atoms with E-state index in [1.165, 1.54) is 0 Å². The molecule has 62 valence electrons. The molecule has 0 fully saturated rings. The van der Waals surface area contributed by atoms with Crippen molar-refractivity contribution >= 4 is 23.4 Å². The molecule has 0 saturated heterocycles. The molecule has 0 radical (unpaired) electrons. The van der Waals surface area contributed by atoms with Crippen molar-refractivity contribution in [2.75, 3.05) is 0 Å². The first kappa shape index (κ1) is 9.07. The van der Waals surface area contributed by atoms with Gasteiger partial charge in [-0.3, -0.25) is 4.79 Å². The summed E-state index contributed by atoms with van der Waals surface area (Å²) < 4.78 is 0. The minimum absolute atomic E-state index is 0.0995. The average Bonchev–Trinajstić information content (AvgIpc) is 2.05. The third-order valence-corrected chi connectivity index (χ3v) is 1.87. The van der Waals surface area contributed by atoms with Gasteiger partial charge in [-0.25, -0.2) is 0 Å². The van der Waals surface area contributed by atoms with Gasteiger partial charge in [-0.1, -0.05) is 36.5 Å². The van der Waals surface area contributed by atoms with Crippen LogP contribution in [0.4, 0.5) is 0 Å². The highest BCUT2D eigenvalue weighted by Crippen LogP contribution is 2.09. The van der Waals surface area contributed by atoms with Crippen LogP contribution in [0.1, 0.15) is 22.8 Å². The van der Waals surface area contributed by atoms with E-state index >= 15 is 0 Å². The Labute approximate surface area is 77.4 Å². The number of Topliss-reactive ketones (excluding diaryl/α,β-unsaturated/α-hetero) is 1. The van der Waals surface area contributed by atoms with E-state index in [-0.39, 0.29) is 5.78 Å². The van der Waals surface area contributed by atoms with Crippen LogP contribution < -0.4 is 0 Å². The normalized spacial score (nSPS) is 9.42. The number of benzene rings is 1. The predicted octanol–water partition coefficient (Wildman–Crippen LogP) is 2.43. The Hall–Kier alpha value is -1.02. The molecule has 0 atom stereocenters. The molecule has 0 aliphatic rings. The summed E-state index contributed by atoms with van der Waals surface area (Å²) in [4.78, 5) is 11.1. The van der Waals surface area contributed by atoms with E-state index in [1.807, 2.05) is 24.3 Å². The molecule has 0 spiro atoms. The summed E-state index contributed by atoms with van der Waals surface area (Å²) in [6.45, 7) is 1.57. The van der Waals surface area contributed by atoms with Gasteiger partial charge >= 0.3 is 0 Å². The summed E-state index contributed by atoms with van der Waals surface area (Å²) in [6, 6.07) is 7.54. The lowest BCUT2D eigenvalue weighted by molar-refractivity contribution is 0.101. The van der Waals surface area contributed by atoms with Crippen LogP contribution >= 0.6 is 12.2 Å². The molecule has 0 N–H and O–H groups in total. The van der Waals surface area contributed by atoms with Gasteiger partial charge < -0.3 is 0 Å². The van der Waals surface area contributed by atoms with Gasteiger partial charge in [0.05, 0.1) is 0 Å². The Bertz CT molecular complexity index is 304. The lowest BCUT2D eigenvalue weighted by Crippen LogP contribution is -1.98. The lowest BCUT2D eigenvalue weighted by Gasteiger charge is -2.01. The molecule has 0 aliphatic carbocycles. The first-order valence-corrected chi connectivity index (χ1v) is 4.25. The predicted molar refractivity (Wildman–Crippen MR) is 53.8 cm³/mol. The lowest BCUT2D eigenvalue weighted by atomic mass is 10.0. The second-order valence-electron chi connectivity index (χ2n) is 2.58. The molecule has 0 unspecified atom stereocenters. The highest BCUT2D eigenvalue weighted by molar-refractivity contribution is 7.78. The zero-order chi connectivity index (χ0) is 8.97. The first-order valence-electron chi connectivity index (χ1n) is 3.78. The van der Waals surface area contributed by atoms with Crippen LogP contribution in [0.3, 0.4) is 0 Å². The number of hydrogen-bond acceptors (Lipinski definition) is 2. The van der Waals surface area contributed by atoms with Gasteiger partial charge in [-0.15, -0.1) is 0 Å². The summed E-state index contributed by atoms with van der Waals surface area (Å²) >= 11 is 4.74. The maximum absolute atomic E-state index is 11.1. The molecule has 2 heteroatoms. The number of carbonyl (C=O) groups excluding carboxylic acids is 1. The third-order valence-electron chi connectivity index (χ3n) is 1.70. The summed E-state index contributed by atoms with van der Waals surface area (Å²) in [6.07, 6.45) is 0.686. The fourth-order valence-electron chi connectivity index (χ4n) is 1.13. The number of ketones is 1. The Morgan fingerprint density at radius 3 is 2.75 bits per heavy atom. The number of rotatable bonds is 3. The minimum atomic E-state index is 0.0995. The molecule has 12 heavy (non-hydrogen) atoms. The standard InChI is InChI=1S/C10H10OS/c1-8(11)10-5-3-2-4-9(10)6-7-12/h2-5,7H,6H2,1H3. The quantitative estimate of drug-likeness (QED) is 0.522. The van der Waals surface area contributed by atoms with Gasteiger partial charge in [0, 0.05) is 12.0 Å². The van der Waals surface area contributed by atoms with Gasteiger partial charge in [0.25, 0.3) is 0 Å². The molecular weight excluding hydrogens is 168 g/mol. The average molecular weight is 178 g/mol. The van der Waals surface area contributed by atoms with Crippen molar-refractivity contribution in [1.29, 1.82) is 0 Å². The van der Waals surface area contributed by atoms with Gasteiger partial charge in [0.2, 0.25) is 0 Å². The van der Waals surface area contributed by atoms with Crippen molar-refractivity contribution in [3.8, 4) is 0 Å². The van der Waals surface area contributed by atoms with Crippen LogP contribution in [0.25, 0.3) is 0 Å². The van der Waals surface area contributed by atoms with E-state index in [2.05, 4.69) is 0 Å². The SMILES string of the molecule is CC(=O)c1ccccc1CC=S. The molecule has 1 rings (SSSR count). The van der Waals surface area contributed by atoms with Gasteiger partial charge in [-0.05, 0) is 17.9 Å². The zero-order valence-electron chi connectivity index (χ0n) is 6.91. The van der Waals surface area contributed by atoms with Crippen LogP contribution in [-0.2, 0) is 6.42 Å². The second kappa shape index (κ2) is 4.12. The topological polar surface area (TPSA) is 17.1 Å². The van der Waals surface area contributed by atoms with E-state index in [9.17, 15) is 4.79 Å². The zero-order valence-corrected chi connectivity index (χ0v) is 7.73. The smallest absolute Gasteiger partial charge is 0.160 e. The van der Waals surface area contributed by atoms with Crippen molar-refractivity contribution in [3.63, 3.8) is 0 Å². The minimum Gasteiger partial charge on any atom is -0.295 e. The molecule has 1 aromatic carbocycles. The Morgan fingerprint density at radius 2 is 2.17 bits per heavy atom. The van der Waals surface area contributed by atoms with Crippen LogP contribution in [-0.4, -0.2) is 11.2 Å². The van der Waals surface area contributed by atoms with Crippen LogP contribution in [0, 0.1) is 0 Å². The van der Waals surface area contributed by atoms with E-state index in [1.54, 1.807) is 12.3 Å². The fourth-order valence-corrected chi connectivity index (χ4v) is 1.31. The highest BCUT2D eigenvalue weighted by Gasteiger charge is 2.03. The molecular formula is C10H10OS. The number of carbonyl (C=O) groups is 1. The molecule has 0 amide bonds. The van der Waals surface area contributed by atoms with Crippen molar-refractivity contribution in [3.05, 3.63) is 35.4 Å². The molecule has 1 aromatic rings. The van der Waals surface area contributed by atoms with Crippen LogP contribution in [0.5, 0.6) is 0 Å². The summed E-state index contributed by atoms with van der Waals surface area (Å²) in [5, 5.41) is 1.64. The van der Waals surface area contributed by atoms with Gasteiger partial charge in [0.1, 0.15) is 0 Å². The number of thiocarbonyl (C=S) groups is 1. The van der Waals surface area contributed by atoms with Gasteiger partial charge in [-0.2, -0.15) is 0 Å². The van der Waals surface area contributed by atoms with E-state index in [0.717, 1.165) is 11.1 Å². The summed E-state index contributed by atoms with van der Waals surface area (Å²) in [5.74, 6) is 0.0995. The van der Waals surface area contributed by atoms with Gasteiger partial charge in [0.15, 0.2) is 5.78 Å². The molecule has 1 nitrogen and oxygen atoms in total. The fraction of sp³-hybridized carbons (Fsp3) is 0.200. The summed E-state index contributed by atoms with van der Waals surface area (Å²) in [7, 11) is 0. The molecule has 0 aliphatic heterocycles. The Morgan fingerprint density at radius 1 is 1.50 bits per heavy atom.